The molecule has 0 aromatic carbocycles. The van der Waals surface area contributed by atoms with Gasteiger partial charge in [0.2, 0.25) is 0 Å². The number of aliphatic hydroxyl groups is 1. The average Bonchev–Trinajstić information content (AvgIpc) is 2.17. The number of hydrogen-bond acceptors (Lipinski definition) is 2. The molecule has 2 atom stereocenters. The molecule has 1 aliphatic heterocycles. The van der Waals surface area contributed by atoms with Crippen LogP contribution in [0.3, 0.4) is 0 Å². The van der Waals surface area contributed by atoms with Crippen LogP contribution in [-0.4, -0.2) is 23.9 Å². The van der Waals surface area contributed by atoms with Gasteiger partial charge in [-0.2, -0.15) is 0 Å². The maximum atomic E-state index is 8.68. The smallest absolute Gasteiger partial charge is 0.0834 e. The highest BCUT2D eigenvalue weighted by Gasteiger charge is 2.23. The normalized spacial score (nSPS) is 32.6. The lowest BCUT2D eigenvalue weighted by atomic mass is 10.2. The highest BCUT2D eigenvalue weighted by molar-refractivity contribution is 4.70. The summed E-state index contributed by atoms with van der Waals surface area (Å²) in [5, 5.41) is 8.68. The van der Waals surface area contributed by atoms with Crippen molar-refractivity contribution >= 4 is 0 Å². The topological polar surface area (TPSA) is 32.8 Å². The predicted octanol–water partition coefficient (Wildman–Crippen LogP) is 0.156. The van der Waals surface area contributed by atoms with Crippen LogP contribution in [0.1, 0.15) is 13.3 Å². The second-order valence-electron chi connectivity index (χ2n) is 2.04. The molecule has 1 aliphatic rings. The molecule has 0 bridgehead atoms. The summed E-state index contributed by atoms with van der Waals surface area (Å²) in [6, 6.07) is 0. The Kier molecular flexibility index (Phi) is 1.30. The van der Waals surface area contributed by atoms with Gasteiger partial charge in [-0.15, -0.1) is 0 Å². The van der Waals surface area contributed by atoms with Gasteiger partial charge in [-0.3, -0.25) is 0 Å². The van der Waals surface area contributed by atoms with Crippen molar-refractivity contribution in [1.82, 2.24) is 0 Å². The molecule has 2 heteroatoms. The first-order valence-electron chi connectivity index (χ1n) is 2.58. The summed E-state index contributed by atoms with van der Waals surface area (Å²) in [5.74, 6) is 0. The van der Waals surface area contributed by atoms with Crippen LogP contribution in [0.2, 0.25) is 0 Å². The Labute approximate surface area is 43.1 Å². The Hall–Kier alpha value is -0.0800. The zero-order chi connectivity index (χ0) is 5.28. The van der Waals surface area contributed by atoms with Crippen molar-refractivity contribution in [3.05, 3.63) is 0 Å². The summed E-state index contributed by atoms with van der Waals surface area (Å²) < 4.78 is 4.86. The van der Waals surface area contributed by atoms with Crippen LogP contribution in [0.4, 0.5) is 0 Å². The van der Waals surface area contributed by atoms with E-state index in [4.69, 9.17) is 9.84 Å². The molecule has 0 radical (unpaired) electrons. The van der Waals surface area contributed by atoms with Gasteiger partial charge < -0.3 is 9.84 Å². The monoisotopic (exact) mass is 102 g/mol. The molecule has 1 saturated heterocycles. The predicted molar refractivity (Wildman–Crippen MR) is 26.0 cm³/mol. The zero-order valence-corrected chi connectivity index (χ0v) is 4.42. The van der Waals surface area contributed by atoms with Gasteiger partial charge >= 0.3 is 0 Å². The number of epoxide rings is 1. The third kappa shape index (κ3) is 1.90. The minimum absolute atomic E-state index is 0.188. The molecule has 1 N–H and O–H groups in total. The van der Waals surface area contributed by atoms with Crippen molar-refractivity contribution in [3.8, 4) is 0 Å². The van der Waals surface area contributed by atoms with Gasteiger partial charge in [0, 0.05) is 6.42 Å². The first-order valence-corrected chi connectivity index (χ1v) is 2.58. The molecule has 42 valence electrons. The Morgan fingerprint density at radius 3 is 2.71 bits per heavy atom. The first kappa shape index (κ1) is 5.06. The standard InChI is InChI=1S/C5H10O2/c1-4(6)2-5-3-7-5/h4-6H,2-3H2,1H3/t4-,5-/m0/s1. The summed E-state index contributed by atoms with van der Waals surface area (Å²) in [4.78, 5) is 0. The van der Waals surface area contributed by atoms with Crippen molar-refractivity contribution in [2.24, 2.45) is 0 Å². The lowest BCUT2D eigenvalue weighted by molar-refractivity contribution is 0.170. The van der Waals surface area contributed by atoms with Crippen LogP contribution >= 0.6 is 0 Å². The molecule has 1 rings (SSSR count). The maximum Gasteiger partial charge on any atom is 0.0834 e. The van der Waals surface area contributed by atoms with Crippen LogP contribution in [0.25, 0.3) is 0 Å². The second-order valence-corrected chi connectivity index (χ2v) is 2.04. The number of rotatable bonds is 2. The molecule has 7 heavy (non-hydrogen) atoms. The SMILES string of the molecule is C[C@H](O)C[C@H]1CO1. The van der Waals surface area contributed by atoms with Crippen molar-refractivity contribution in [2.45, 2.75) is 25.6 Å². The van der Waals surface area contributed by atoms with Gasteiger partial charge in [-0.1, -0.05) is 0 Å². The molecule has 0 spiro atoms. The van der Waals surface area contributed by atoms with Gasteiger partial charge in [0.15, 0.2) is 0 Å². The maximum absolute atomic E-state index is 8.68. The van der Waals surface area contributed by atoms with Gasteiger partial charge in [-0.05, 0) is 6.92 Å². The molecular weight excluding hydrogens is 92.1 g/mol. The van der Waals surface area contributed by atoms with E-state index in [9.17, 15) is 0 Å². The van der Waals surface area contributed by atoms with Crippen LogP contribution in [0, 0.1) is 0 Å². The van der Waals surface area contributed by atoms with E-state index < -0.39 is 0 Å². The quantitative estimate of drug-likeness (QED) is 0.503. The minimum Gasteiger partial charge on any atom is -0.393 e. The van der Waals surface area contributed by atoms with E-state index in [0.717, 1.165) is 13.0 Å². The van der Waals surface area contributed by atoms with Gasteiger partial charge in [0.05, 0.1) is 18.8 Å². The summed E-state index contributed by atoms with van der Waals surface area (Å²) in [7, 11) is 0. The summed E-state index contributed by atoms with van der Waals surface area (Å²) >= 11 is 0. The van der Waals surface area contributed by atoms with E-state index in [1.54, 1.807) is 6.92 Å². The summed E-state index contributed by atoms with van der Waals surface area (Å²) in [6.45, 7) is 2.63. The molecular formula is C5H10O2. The molecule has 1 fully saturated rings. The van der Waals surface area contributed by atoms with Gasteiger partial charge in [0.25, 0.3) is 0 Å². The van der Waals surface area contributed by atoms with Crippen LogP contribution in [0.15, 0.2) is 0 Å². The van der Waals surface area contributed by atoms with Crippen LogP contribution in [0.5, 0.6) is 0 Å². The van der Waals surface area contributed by atoms with Crippen LogP contribution < -0.4 is 0 Å². The molecule has 1 heterocycles. The number of ether oxygens (including phenoxy) is 1. The zero-order valence-electron chi connectivity index (χ0n) is 4.42. The molecule has 0 unspecified atom stereocenters. The first-order chi connectivity index (χ1) is 3.29. The van der Waals surface area contributed by atoms with Crippen molar-refractivity contribution in [2.75, 3.05) is 6.61 Å². The Bertz CT molecular complexity index is 57.1. The Balaban J connectivity index is 1.97. The fourth-order valence-electron chi connectivity index (χ4n) is 0.585. The molecule has 0 aromatic heterocycles. The third-order valence-electron chi connectivity index (χ3n) is 1.01. The van der Waals surface area contributed by atoms with E-state index in [1.165, 1.54) is 0 Å². The van der Waals surface area contributed by atoms with Crippen molar-refractivity contribution in [1.29, 1.82) is 0 Å². The third-order valence-corrected chi connectivity index (χ3v) is 1.01. The van der Waals surface area contributed by atoms with E-state index in [-0.39, 0.29) is 6.10 Å². The second kappa shape index (κ2) is 1.80. The highest BCUT2D eigenvalue weighted by Crippen LogP contribution is 2.14. The van der Waals surface area contributed by atoms with E-state index in [2.05, 4.69) is 0 Å². The largest absolute Gasteiger partial charge is 0.393 e. The fourth-order valence-corrected chi connectivity index (χ4v) is 0.585. The highest BCUT2D eigenvalue weighted by atomic mass is 16.6. The lowest BCUT2D eigenvalue weighted by Crippen LogP contribution is -2.02. The van der Waals surface area contributed by atoms with Crippen molar-refractivity contribution < 1.29 is 9.84 Å². The van der Waals surface area contributed by atoms with E-state index in [1.807, 2.05) is 0 Å². The van der Waals surface area contributed by atoms with E-state index in [0.29, 0.717) is 6.10 Å². The molecule has 0 amide bonds. The molecule has 0 saturated carbocycles. The van der Waals surface area contributed by atoms with E-state index >= 15 is 0 Å². The van der Waals surface area contributed by atoms with Gasteiger partial charge in [-0.25, -0.2) is 0 Å². The number of hydrogen-bond donors (Lipinski definition) is 1. The fraction of sp³-hybridized carbons (Fsp3) is 1.00. The van der Waals surface area contributed by atoms with Crippen molar-refractivity contribution in [3.63, 3.8) is 0 Å². The summed E-state index contributed by atoms with van der Waals surface area (Å²) in [5.41, 5.74) is 0. The number of aliphatic hydroxyl groups excluding tert-OH is 1. The molecule has 2 nitrogen and oxygen atoms in total. The average molecular weight is 102 g/mol. The Morgan fingerprint density at radius 1 is 2.00 bits per heavy atom. The van der Waals surface area contributed by atoms with Crippen LogP contribution in [-0.2, 0) is 4.74 Å². The Morgan fingerprint density at radius 2 is 2.57 bits per heavy atom. The minimum atomic E-state index is -0.188. The summed E-state index contributed by atoms with van der Waals surface area (Å²) in [6.07, 6.45) is 0.993. The molecule has 0 aromatic rings. The lowest BCUT2D eigenvalue weighted by Gasteiger charge is -1.95. The molecule has 0 aliphatic carbocycles. The van der Waals surface area contributed by atoms with Gasteiger partial charge in [0.1, 0.15) is 0 Å².